The van der Waals surface area contributed by atoms with Gasteiger partial charge in [-0.15, -0.1) is 0 Å². The molecule has 2 aromatic rings. The molecule has 2 heterocycles. The topological polar surface area (TPSA) is 91.8 Å². The van der Waals surface area contributed by atoms with Crippen molar-refractivity contribution < 1.29 is 19.1 Å². The average Bonchev–Trinajstić information content (AvgIpc) is 2.78. The first-order valence-corrected chi connectivity index (χ1v) is 9.56. The molecule has 0 atom stereocenters. The first-order valence-electron chi connectivity index (χ1n) is 9.56. The Bertz CT molecular complexity index is 864. The highest BCUT2D eigenvalue weighted by molar-refractivity contribution is 5.99. The normalized spacial score (nSPS) is 13.7. The highest BCUT2D eigenvalue weighted by Crippen LogP contribution is 2.12. The van der Waals surface area contributed by atoms with Gasteiger partial charge in [-0.3, -0.25) is 14.6 Å². The Hall–Kier alpha value is -3.42. The molecule has 0 radical (unpaired) electrons. The predicted octanol–water partition coefficient (Wildman–Crippen LogP) is 1.93. The van der Waals surface area contributed by atoms with Crippen molar-refractivity contribution in [1.29, 1.82) is 0 Å². The summed E-state index contributed by atoms with van der Waals surface area (Å²) < 4.78 is 4.99. The number of piperazine rings is 1. The lowest BCUT2D eigenvalue weighted by Gasteiger charge is -2.34. The maximum atomic E-state index is 12.8. The van der Waals surface area contributed by atoms with Crippen molar-refractivity contribution in [2.24, 2.45) is 0 Å². The second-order valence-electron chi connectivity index (χ2n) is 6.60. The number of pyridine rings is 1. The van der Waals surface area contributed by atoms with Crippen LogP contribution in [0.5, 0.6) is 0 Å². The van der Waals surface area contributed by atoms with E-state index in [-0.39, 0.29) is 17.9 Å². The molecule has 1 aromatic carbocycles. The van der Waals surface area contributed by atoms with Gasteiger partial charge in [-0.1, -0.05) is 6.07 Å². The summed E-state index contributed by atoms with van der Waals surface area (Å²) in [6.07, 6.45) is 2.98. The number of carbonyl (C=O) groups excluding carboxylic acids is 3. The first kappa shape index (κ1) is 20.3. The Balaban J connectivity index is 1.58. The molecule has 8 heteroatoms. The smallest absolute Gasteiger partial charge is 0.409 e. The minimum atomic E-state index is -0.354. The van der Waals surface area contributed by atoms with Crippen LogP contribution >= 0.6 is 0 Å². The van der Waals surface area contributed by atoms with Crippen LogP contribution in [0.15, 0.2) is 48.8 Å². The van der Waals surface area contributed by atoms with Crippen molar-refractivity contribution in [1.82, 2.24) is 20.1 Å². The molecular weight excluding hydrogens is 372 g/mol. The van der Waals surface area contributed by atoms with Gasteiger partial charge in [0.05, 0.1) is 6.61 Å². The molecule has 1 fully saturated rings. The second kappa shape index (κ2) is 9.68. The van der Waals surface area contributed by atoms with Gasteiger partial charge < -0.3 is 19.9 Å². The maximum Gasteiger partial charge on any atom is 0.409 e. The van der Waals surface area contributed by atoms with Crippen molar-refractivity contribution >= 4 is 17.9 Å². The monoisotopic (exact) mass is 396 g/mol. The van der Waals surface area contributed by atoms with Crippen molar-refractivity contribution in [2.45, 2.75) is 13.5 Å². The fraction of sp³-hybridized carbons (Fsp3) is 0.333. The molecule has 0 unspecified atom stereocenters. The number of rotatable bonds is 5. The van der Waals surface area contributed by atoms with Crippen molar-refractivity contribution in [3.8, 4) is 0 Å². The fourth-order valence-corrected chi connectivity index (χ4v) is 3.07. The molecule has 1 aliphatic rings. The largest absolute Gasteiger partial charge is 0.450 e. The number of ether oxygens (including phenoxy) is 1. The molecule has 1 saturated heterocycles. The van der Waals surface area contributed by atoms with E-state index in [2.05, 4.69) is 10.3 Å². The number of nitrogens with zero attached hydrogens (tertiary/aromatic N) is 3. The summed E-state index contributed by atoms with van der Waals surface area (Å²) in [5, 5.41) is 2.84. The molecule has 3 rings (SSSR count). The van der Waals surface area contributed by atoms with E-state index in [1.54, 1.807) is 53.4 Å². The molecule has 29 heavy (non-hydrogen) atoms. The third kappa shape index (κ3) is 5.31. The van der Waals surface area contributed by atoms with E-state index in [1.165, 1.54) is 0 Å². The van der Waals surface area contributed by atoms with Gasteiger partial charge in [0.15, 0.2) is 0 Å². The van der Waals surface area contributed by atoms with Crippen molar-refractivity contribution in [2.75, 3.05) is 32.8 Å². The third-order valence-electron chi connectivity index (χ3n) is 4.67. The van der Waals surface area contributed by atoms with Gasteiger partial charge in [-0.05, 0) is 42.8 Å². The standard InChI is InChI=1S/C21H24N4O4/c1-2-29-21(28)25-12-10-24(11-13-25)20(27)18-5-3-4-17(14-18)19(26)23-15-16-6-8-22-9-7-16/h3-9,14H,2,10-13,15H2,1H3,(H,23,26). The van der Waals surface area contributed by atoms with E-state index >= 15 is 0 Å². The zero-order chi connectivity index (χ0) is 20.6. The van der Waals surface area contributed by atoms with Crippen molar-refractivity contribution in [3.63, 3.8) is 0 Å². The van der Waals surface area contributed by atoms with Gasteiger partial charge in [-0.25, -0.2) is 4.79 Å². The molecule has 152 valence electrons. The number of benzene rings is 1. The zero-order valence-corrected chi connectivity index (χ0v) is 16.3. The van der Waals surface area contributed by atoms with Crippen LogP contribution < -0.4 is 5.32 Å². The first-order chi connectivity index (χ1) is 14.1. The van der Waals surface area contributed by atoms with Crippen LogP contribution in [0.4, 0.5) is 4.79 Å². The van der Waals surface area contributed by atoms with Crippen LogP contribution in [-0.2, 0) is 11.3 Å². The number of hydrogen-bond acceptors (Lipinski definition) is 5. The third-order valence-corrected chi connectivity index (χ3v) is 4.67. The Morgan fingerprint density at radius 1 is 1.00 bits per heavy atom. The number of hydrogen-bond donors (Lipinski definition) is 1. The van der Waals surface area contributed by atoms with Crippen LogP contribution in [0.2, 0.25) is 0 Å². The van der Waals surface area contributed by atoms with Crippen LogP contribution in [0, 0.1) is 0 Å². The Morgan fingerprint density at radius 3 is 2.34 bits per heavy atom. The highest BCUT2D eigenvalue weighted by atomic mass is 16.6. The minimum Gasteiger partial charge on any atom is -0.450 e. The summed E-state index contributed by atoms with van der Waals surface area (Å²) >= 11 is 0. The van der Waals surface area contributed by atoms with E-state index in [4.69, 9.17) is 4.74 Å². The summed E-state index contributed by atoms with van der Waals surface area (Å²) in [5.74, 6) is -0.402. The molecule has 0 saturated carbocycles. The van der Waals surface area contributed by atoms with Gasteiger partial charge in [0, 0.05) is 56.2 Å². The van der Waals surface area contributed by atoms with Gasteiger partial charge >= 0.3 is 6.09 Å². The van der Waals surface area contributed by atoms with Crippen LogP contribution in [0.1, 0.15) is 33.2 Å². The SMILES string of the molecule is CCOC(=O)N1CCN(C(=O)c2cccc(C(=O)NCc3ccncc3)c2)CC1. The number of nitrogens with one attached hydrogen (secondary N) is 1. The predicted molar refractivity (Wildman–Crippen MR) is 106 cm³/mol. The molecule has 1 aliphatic heterocycles. The number of carbonyl (C=O) groups is 3. The number of aromatic nitrogens is 1. The average molecular weight is 396 g/mol. The molecule has 8 nitrogen and oxygen atoms in total. The van der Waals surface area contributed by atoms with E-state index in [0.29, 0.717) is 50.5 Å². The molecule has 0 spiro atoms. The lowest BCUT2D eigenvalue weighted by molar-refractivity contribution is 0.0570. The van der Waals surface area contributed by atoms with Crippen LogP contribution in [-0.4, -0.2) is 65.5 Å². The van der Waals surface area contributed by atoms with E-state index < -0.39 is 0 Å². The van der Waals surface area contributed by atoms with Gasteiger partial charge in [0.1, 0.15) is 0 Å². The maximum absolute atomic E-state index is 12.8. The molecule has 0 aliphatic carbocycles. The van der Waals surface area contributed by atoms with Gasteiger partial charge in [0.2, 0.25) is 0 Å². The molecule has 0 bridgehead atoms. The fourth-order valence-electron chi connectivity index (χ4n) is 3.07. The molecule has 1 aromatic heterocycles. The molecule has 1 N–H and O–H groups in total. The quantitative estimate of drug-likeness (QED) is 0.834. The Kier molecular flexibility index (Phi) is 6.78. The summed E-state index contributed by atoms with van der Waals surface area (Å²) in [4.78, 5) is 44.3. The van der Waals surface area contributed by atoms with Gasteiger partial charge in [-0.2, -0.15) is 0 Å². The molecule has 3 amide bonds. The van der Waals surface area contributed by atoms with E-state index in [1.807, 2.05) is 12.1 Å². The van der Waals surface area contributed by atoms with E-state index in [0.717, 1.165) is 5.56 Å². The van der Waals surface area contributed by atoms with Gasteiger partial charge in [0.25, 0.3) is 11.8 Å². The van der Waals surface area contributed by atoms with Crippen LogP contribution in [0.3, 0.4) is 0 Å². The second-order valence-corrected chi connectivity index (χ2v) is 6.60. The Morgan fingerprint density at radius 2 is 1.66 bits per heavy atom. The summed E-state index contributed by atoms with van der Waals surface area (Å²) in [7, 11) is 0. The molecular formula is C21H24N4O4. The zero-order valence-electron chi connectivity index (χ0n) is 16.3. The minimum absolute atomic E-state index is 0.155. The van der Waals surface area contributed by atoms with Crippen molar-refractivity contribution in [3.05, 3.63) is 65.5 Å². The highest BCUT2D eigenvalue weighted by Gasteiger charge is 2.25. The lowest BCUT2D eigenvalue weighted by atomic mass is 10.1. The lowest BCUT2D eigenvalue weighted by Crippen LogP contribution is -2.50. The van der Waals surface area contributed by atoms with Crippen LogP contribution in [0.25, 0.3) is 0 Å². The Labute approximate surface area is 169 Å². The number of amides is 3. The summed E-state index contributed by atoms with van der Waals surface area (Å²) in [6.45, 7) is 4.18. The summed E-state index contributed by atoms with van der Waals surface area (Å²) in [5.41, 5.74) is 1.82. The summed E-state index contributed by atoms with van der Waals surface area (Å²) in [6, 6.07) is 10.3. The van der Waals surface area contributed by atoms with E-state index in [9.17, 15) is 14.4 Å².